The minimum absolute atomic E-state index is 0.0136. The topological polar surface area (TPSA) is 53.2 Å². The van der Waals surface area contributed by atoms with E-state index in [9.17, 15) is 17.2 Å². The highest BCUT2D eigenvalue weighted by molar-refractivity contribution is 7.91. The number of anilines is 1. The minimum atomic E-state index is -3.40. The SMILES string of the molecule is CCS(=O)(=O)c1ccc(N2CCC(F)(F)C2)c(-c2cc3ccccc3[nH]2)c1. The van der Waals surface area contributed by atoms with E-state index in [2.05, 4.69) is 4.98 Å². The molecule has 4 nitrogen and oxygen atoms in total. The molecule has 2 aromatic carbocycles. The number of para-hydroxylation sites is 1. The minimum Gasteiger partial charge on any atom is -0.365 e. The average molecular weight is 390 g/mol. The van der Waals surface area contributed by atoms with Crippen LogP contribution in [0.15, 0.2) is 53.4 Å². The Kier molecular flexibility index (Phi) is 4.22. The number of aromatic amines is 1. The second-order valence-electron chi connectivity index (χ2n) is 6.88. The van der Waals surface area contributed by atoms with E-state index in [-0.39, 0.29) is 30.2 Å². The first-order chi connectivity index (χ1) is 12.8. The molecule has 7 heteroatoms. The Morgan fingerprint density at radius 3 is 2.59 bits per heavy atom. The lowest BCUT2D eigenvalue weighted by Gasteiger charge is -2.22. The summed E-state index contributed by atoms with van der Waals surface area (Å²) in [5.41, 5.74) is 2.87. The monoisotopic (exact) mass is 390 g/mol. The van der Waals surface area contributed by atoms with Gasteiger partial charge in [0.1, 0.15) is 0 Å². The van der Waals surface area contributed by atoms with Gasteiger partial charge in [-0.1, -0.05) is 25.1 Å². The van der Waals surface area contributed by atoms with Crippen LogP contribution in [0.25, 0.3) is 22.2 Å². The fourth-order valence-corrected chi connectivity index (χ4v) is 4.43. The quantitative estimate of drug-likeness (QED) is 0.715. The summed E-state index contributed by atoms with van der Waals surface area (Å²) in [4.78, 5) is 5.11. The van der Waals surface area contributed by atoms with Crippen molar-refractivity contribution >= 4 is 26.4 Å². The number of aromatic nitrogens is 1. The molecule has 142 valence electrons. The van der Waals surface area contributed by atoms with Crippen LogP contribution in [-0.4, -0.2) is 38.2 Å². The molecule has 0 aliphatic carbocycles. The summed E-state index contributed by atoms with van der Waals surface area (Å²) in [6, 6.07) is 14.4. The van der Waals surface area contributed by atoms with Gasteiger partial charge in [-0.05, 0) is 30.3 Å². The molecule has 0 unspecified atom stereocenters. The van der Waals surface area contributed by atoms with Crippen molar-refractivity contribution in [1.82, 2.24) is 4.98 Å². The van der Waals surface area contributed by atoms with Crippen LogP contribution in [0, 0.1) is 0 Å². The molecular weight excluding hydrogens is 370 g/mol. The lowest BCUT2D eigenvalue weighted by molar-refractivity contribution is 0.0257. The van der Waals surface area contributed by atoms with Crippen LogP contribution in [0.5, 0.6) is 0 Å². The maximum Gasteiger partial charge on any atom is 0.266 e. The summed E-state index contributed by atoms with van der Waals surface area (Å²) in [5.74, 6) is -2.74. The third kappa shape index (κ3) is 3.32. The molecule has 0 atom stereocenters. The molecule has 2 heterocycles. The van der Waals surface area contributed by atoms with E-state index in [1.807, 2.05) is 30.3 Å². The molecule has 0 spiro atoms. The molecule has 3 aromatic rings. The first kappa shape index (κ1) is 18.0. The van der Waals surface area contributed by atoms with Crippen LogP contribution < -0.4 is 4.90 Å². The van der Waals surface area contributed by atoms with Crippen LogP contribution in [0.4, 0.5) is 14.5 Å². The number of alkyl halides is 2. The zero-order valence-corrected chi connectivity index (χ0v) is 15.7. The number of halogens is 2. The highest BCUT2D eigenvalue weighted by atomic mass is 32.2. The molecule has 27 heavy (non-hydrogen) atoms. The van der Waals surface area contributed by atoms with Crippen molar-refractivity contribution in [3.8, 4) is 11.3 Å². The lowest BCUT2D eigenvalue weighted by Crippen LogP contribution is -2.25. The number of nitrogens with zero attached hydrogens (tertiary/aromatic N) is 1. The van der Waals surface area contributed by atoms with Gasteiger partial charge in [0.25, 0.3) is 5.92 Å². The zero-order valence-electron chi connectivity index (χ0n) is 14.9. The van der Waals surface area contributed by atoms with E-state index in [1.54, 1.807) is 24.0 Å². The molecule has 1 aromatic heterocycles. The second kappa shape index (κ2) is 6.34. The van der Waals surface area contributed by atoms with Crippen LogP contribution in [-0.2, 0) is 9.84 Å². The Morgan fingerprint density at radius 1 is 1.15 bits per heavy atom. The first-order valence-electron chi connectivity index (χ1n) is 8.87. The van der Waals surface area contributed by atoms with E-state index in [4.69, 9.17) is 0 Å². The van der Waals surface area contributed by atoms with Gasteiger partial charge in [0.05, 0.1) is 17.2 Å². The van der Waals surface area contributed by atoms with Gasteiger partial charge in [-0.15, -0.1) is 0 Å². The predicted molar refractivity (Wildman–Crippen MR) is 103 cm³/mol. The van der Waals surface area contributed by atoms with Gasteiger partial charge >= 0.3 is 0 Å². The van der Waals surface area contributed by atoms with Gasteiger partial charge in [0.15, 0.2) is 9.84 Å². The van der Waals surface area contributed by atoms with E-state index in [0.29, 0.717) is 11.3 Å². The van der Waals surface area contributed by atoms with Crippen molar-refractivity contribution in [3.63, 3.8) is 0 Å². The molecule has 1 saturated heterocycles. The summed E-state index contributed by atoms with van der Waals surface area (Å²) in [5, 5.41) is 0.981. The van der Waals surface area contributed by atoms with Crippen LogP contribution in [0.1, 0.15) is 13.3 Å². The molecule has 1 N–H and O–H groups in total. The number of hydrogen-bond acceptors (Lipinski definition) is 3. The van der Waals surface area contributed by atoms with Gasteiger partial charge in [-0.25, -0.2) is 17.2 Å². The Hall–Kier alpha value is -2.41. The number of sulfone groups is 1. The highest BCUT2D eigenvalue weighted by Crippen LogP contribution is 2.38. The summed E-state index contributed by atoms with van der Waals surface area (Å²) >= 11 is 0. The Morgan fingerprint density at radius 2 is 1.93 bits per heavy atom. The molecule has 4 rings (SSSR count). The second-order valence-corrected chi connectivity index (χ2v) is 9.16. The third-order valence-electron chi connectivity index (χ3n) is 5.04. The van der Waals surface area contributed by atoms with Gasteiger partial charge in [-0.2, -0.15) is 0 Å². The van der Waals surface area contributed by atoms with Gasteiger partial charge in [0.2, 0.25) is 0 Å². The number of benzene rings is 2. The van der Waals surface area contributed by atoms with Gasteiger partial charge < -0.3 is 9.88 Å². The van der Waals surface area contributed by atoms with E-state index in [0.717, 1.165) is 16.6 Å². The summed E-state index contributed by atoms with van der Waals surface area (Å²) < 4.78 is 52.2. The third-order valence-corrected chi connectivity index (χ3v) is 6.77. The number of rotatable bonds is 4. The molecule has 0 bridgehead atoms. The number of fused-ring (bicyclic) bond motifs is 1. The molecule has 0 radical (unpaired) electrons. The number of H-pyrrole nitrogens is 1. The fraction of sp³-hybridized carbons (Fsp3) is 0.300. The standard InChI is InChI=1S/C20H20F2N2O2S/c1-2-27(25,26)15-7-8-19(24-10-9-20(21,22)13-24)16(12-15)18-11-14-5-3-4-6-17(14)23-18/h3-8,11-12,23H,2,9-10,13H2,1H3. The van der Waals surface area contributed by atoms with Crippen molar-refractivity contribution in [2.24, 2.45) is 0 Å². The van der Waals surface area contributed by atoms with Crippen molar-refractivity contribution in [3.05, 3.63) is 48.5 Å². The number of nitrogens with one attached hydrogen (secondary N) is 1. The van der Waals surface area contributed by atoms with Crippen molar-refractivity contribution in [2.75, 3.05) is 23.7 Å². The molecule has 1 aliphatic heterocycles. The van der Waals surface area contributed by atoms with Gasteiger partial charge in [-0.3, -0.25) is 0 Å². The van der Waals surface area contributed by atoms with Crippen molar-refractivity contribution in [1.29, 1.82) is 0 Å². The number of hydrogen-bond donors (Lipinski definition) is 1. The van der Waals surface area contributed by atoms with Gasteiger partial charge in [0, 0.05) is 40.8 Å². The Balaban J connectivity index is 1.89. The average Bonchev–Trinajstić information content (AvgIpc) is 3.24. The van der Waals surface area contributed by atoms with E-state index >= 15 is 0 Å². The highest BCUT2D eigenvalue weighted by Gasteiger charge is 2.39. The predicted octanol–water partition coefficient (Wildman–Crippen LogP) is 4.47. The van der Waals surface area contributed by atoms with Crippen LogP contribution >= 0.6 is 0 Å². The van der Waals surface area contributed by atoms with E-state index < -0.39 is 15.8 Å². The molecule has 1 aliphatic rings. The van der Waals surface area contributed by atoms with E-state index in [1.165, 1.54) is 6.07 Å². The molecular formula is C20H20F2N2O2S. The zero-order chi connectivity index (χ0) is 19.2. The van der Waals surface area contributed by atoms with Crippen molar-refractivity contribution < 1.29 is 17.2 Å². The normalized spacial score (nSPS) is 16.9. The smallest absolute Gasteiger partial charge is 0.266 e. The maximum atomic E-state index is 13.8. The summed E-state index contributed by atoms with van der Waals surface area (Å²) in [6.07, 6.45) is -0.200. The summed E-state index contributed by atoms with van der Waals surface area (Å²) in [6.45, 7) is 1.47. The maximum absolute atomic E-state index is 13.8. The first-order valence-corrected chi connectivity index (χ1v) is 10.5. The van der Waals surface area contributed by atoms with Crippen LogP contribution in [0.3, 0.4) is 0 Å². The fourth-order valence-electron chi connectivity index (χ4n) is 3.53. The largest absolute Gasteiger partial charge is 0.365 e. The van der Waals surface area contributed by atoms with Crippen LogP contribution in [0.2, 0.25) is 0 Å². The van der Waals surface area contributed by atoms with Crippen molar-refractivity contribution in [2.45, 2.75) is 24.2 Å². The molecule has 0 amide bonds. The Labute approximate surface area is 156 Å². The summed E-state index contributed by atoms with van der Waals surface area (Å²) in [7, 11) is -3.40. The lowest BCUT2D eigenvalue weighted by atomic mass is 10.1. The molecule has 1 fully saturated rings. The Bertz CT molecular complexity index is 1070. The molecule has 0 saturated carbocycles.